The van der Waals surface area contributed by atoms with E-state index in [1.807, 2.05) is 20.8 Å². The van der Waals surface area contributed by atoms with Crippen LogP contribution in [0.15, 0.2) is 0 Å². The van der Waals surface area contributed by atoms with E-state index in [2.05, 4.69) is 17.1 Å². The molecule has 1 amide bonds. The molecule has 2 fully saturated rings. The van der Waals surface area contributed by atoms with Gasteiger partial charge in [-0.05, 0) is 57.6 Å². The Morgan fingerprint density at radius 1 is 1.32 bits per heavy atom. The van der Waals surface area contributed by atoms with Crippen LogP contribution in [-0.4, -0.2) is 53.8 Å². The van der Waals surface area contributed by atoms with Gasteiger partial charge in [-0.25, -0.2) is 4.79 Å². The maximum atomic E-state index is 11.8. The first-order valence-electron chi connectivity index (χ1n) is 7.23. The Bertz CT molecular complexity index is 305. The molecule has 0 aromatic carbocycles. The van der Waals surface area contributed by atoms with Crippen molar-refractivity contribution in [2.24, 2.45) is 5.92 Å². The molecule has 19 heavy (non-hydrogen) atoms. The van der Waals surface area contributed by atoms with Crippen molar-refractivity contribution in [1.29, 1.82) is 0 Å². The summed E-state index contributed by atoms with van der Waals surface area (Å²) in [5, 5.41) is 3.58. The summed E-state index contributed by atoms with van der Waals surface area (Å²) in [6.45, 7) is 8.39. The summed E-state index contributed by atoms with van der Waals surface area (Å²) >= 11 is 2.06. The fourth-order valence-corrected chi connectivity index (χ4v) is 3.57. The van der Waals surface area contributed by atoms with Gasteiger partial charge in [0.25, 0.3) is 0 Å². The van der Waals surface area contributed by atoms with Crippen molar-refractivity contribution >= 4 is 17.9 Å². The van der Waals surface area contributed by atoms with Crippen LogP contribution in [0.1, 0.15) is 33.6 Å². The van der Waals surface area contributed by atoms with E-state index in [9.17, 15) is 4.79 Å². The lowest BCUT2D eigenvalue weighted by Crippen LogP contribution is -2.61. The van der Waals surface area contributed by atoms with Gasteiger partial charge in [0.15, 0.2) is 0 Å². The van der Waals surface area contributed by atoms with Gasteiger partial charge in [0.1, 0.15) is 5.60 Å². The Kier molecular flexibility index (Phi) is 5.01. The van der Waals surface area contributed by atoms with Crippen LogP contribution >= 0.6 is 11.8 Å². The van der Waals surface area contributed by atoms with E-state index in [1.54, 1.807) is 4.90 Å². The van der Waals surface area contributed by atoms with Crippen LogP contribution in [-0.2, 0) is 4.74 Å². The maximum absolute atomic E-state index is 11.8. The molecule has 4 nitrogen and oxygen atoms in total. The molecule has 2 rings (SSSR count). The number of likely N-dealkylation sites (tertiary alicyclic amines) is 1. The van der Waals surface area contributed by atoms with Gasteiger partial charge in [0.05, 0.1) is 0 Å². The molecular weight excluding hydrogens is 260 g/mol. The fourth-order valence-electron chi connectivity index (χ4n) is 2.37. The van der Waals surface area contributed by atoms with E-state index in [0.717, 1.165) is 25.6 Å². The zero-order valence-electron chi connectivity index (χ0n) is 12.3. The molecule has 1 N–H and O–H groups in total. The first-order valence-corrected chi connectivity index (χ1v) is 8.38. The summed E-state index contributed by atoms with van der Waals surface area (Å²) in [7, 11) is 0. The lowest BCUT2D eigenvalue weighted by atomic mass is 10.0. The highest BCUT2D eigenvalue weighted by atomic mass is 32.2. The highest BCUT2D eigenvalue weighted by Crippen LogP contribution is 2.22. The molecule has 2 heterocycles. The van der Waals surface area contributed by atoms with Crippen LogP contribution in [0.4, 0.5) is 4.79 Å². The Morgan fingerprint density at radius 2 is 1.95 bits per heavy atom. The van der Waals surface area contributed by atoms with Crippen molar-refractivity contribution in [3.8, 4) is 0 Å². The predicted octanol–water partition coefficient (Wildman–Crippen LogP) is 2.34. The Balaban J connectivity index is 1.59. The van der Waals surface area contributed by atoms with Crippen LogP contribution < -0.4 is 5.32 Å². The van der Waals surface area contributed by atoms with Crippen LogP contribution in [0, 0.1) is 5.92 Å². The molecule has 5 heteroatoms. The number of carbonyl (C=O) groups is 1. The van der Waals surface area contributed by atoms with Crippen LogP contribution in [0.5, 0.6) is 0 Å². The van der Waals surface area contributed by atoms with Crippen molar-refractivity contribution in [1.82, 2.24) is 10.2 Å². The van der Waals surface area contributed by atoms with Crippen molar-refractivity contribution in [3.63, 3.8) is 0 Å². The number of nitrogens with zero attached hydrogens (tertiary/aromatic N) is 1. The quantitative estimate of drug-likeness (QED) is 0.864. The number of rotatable bonds is 3. The molecule has 0 atom stereocenters. The summed E-state index contributed by atoms with van der Waals surface area (Å²) in [4.78, 5) is 13.5. The highest BCUT2D eigenvalue weighted by Gasteiger charge is 2.33. The number of carbonyl (C=O) groups excluding carboxylic acids is 1. The second kappa shape index (κ2) is 6.35. The number of thioether (sulfide) groups is 1. The third-order valence-corrected chi connectivity index (χ3v) is 4.62. The molecule has 0 radical (unpaired) electrons. The lowest BCUT2D eigenvalue weighted by molar-refractivity contribution is 0.00498. The largest absolute Gasteiger partial charge is 0.444 e. The van der Waals surface area contributed by atoms with Crippen molar-refractivity contribution in [2.45, 2.75) is 45.3 Å². The number of amides is 1. The van der Waals surface area contributed by atoms with Crippen molar-refractivity contribution in [3.05, 3.63) is 0 Å². The van der Waals surface area contributed by atoms with E-state index in [4.69, 9.17) is 4.74 Å². The van der Waals surface area contributed by atoms with E-state index >= 15 is 0 Å². The van der Waals surface area contributed by atoms with Gasteiger partial charge in [-0.2, -0.15) is 11.8 Å². The minimum atomic E-state index is -0.393. The smallest absolute Gasteiger partial charge is 0.410 e. The average molecular weight is 286 g/mol. The highest BCUT2D eigenvalue weighted by molar-refractivity contribution is 7.99. The Hall–Kier alpha value is -0.420. The molecule has 0 aromatic rings. The molecule has 110 valence electrons. The Labute approximate surface area is 120 Å². The van der Waals surface area contributed by atoms with Gasteiger partial charge < -0.3 is 15.0 Å². The molecular formula is C14H26N2O2S. The van der Waals surface area contributed by atoms with Gasteiger partial charge in [-0.1, -0.05) is 0 Å². The summed E-state index contributed by atoms with van der Waals surface area (Å²) < 4.78 is 5.34. The van der Waals surface area contributed by atoms with E-state index in [0.29, 0.717) is 6.04 Å². The summed E-state index contributed by atoms with van der Waals surface area (Å²) in [6.07, 6.45) is 2.49. The number of hydrogen-bond donors (Lipinski definition) is 1. The summed E-state index contributed by atoms with van der Waals surface area (Å²) in [6, 6.07) is 0.460. The van der Waals surface area contributed by atoms with Crippen molar-refractivity contribution < 1.29 is 9.53 Å². The third-order valence-electron chi connectivity index (χ3n) is 3.57. The molecule has 0 aliphatic carbocycles. The molecule has 0 bridgehead atoms. The third kappa shape index (κ3) is 4.88. The summed E-state index contributed by atoms with van der Waals surface area (Å²) in [5.74, 6) is 3.44. The molecule has 0 unspecified atom stereocenters. The van der Waals surface area contributed by atoms with Crippen molar-refractivity contribution in [2.75, 3.05) is 31.1 Å². The fraction of sp³-hybridized carbons (Fsp3) is 0.929. The standard InChI is InChI=1S/C14H26N2O2S/c1-14(2,3)18-13(17)16-9-12(10-16)15-8-11-4-6-19-7-5-11/h11-12,15H,4-10H2,1-3H3. The first kappa shape index (κ1) is 15.0. The monoisotopic (exact) mass is 286 g/mol. The minimum absolute atomic E-state index is 0.181. The number of nitrogens with one attached hydrogen (secondary N) is 1. The SMILES string of the molecule is CC(C)(C)OC(=O)N1CC(NCC2CCSCC2)C1. The van der Waals surface area contributed by atoms with Crippen LogP contribution in [0.3, 0.4) is 0 Å². The molecule has 2 aliphatic heterocycles. The summed E-state index contributed by atoms with van der Waals surface area (Å²) in [5.41, 5.74) is -0.393. The second-order valence-electron chi connectivity index (χ2n) is 6.55. The number of hydrogen-bond acceptors (Lipinski definition) is 4. The van der Waals surface area contributed by atoms with E-state index < -0.39 is 5.60 Å². The minimum Gasteiger partial charge on any atom is -0.444 e. The first-order chi connectivity index (χ1) is 8.94. The van der Waals surface area contributed by atoms with Gasteiger partial charge in [0.2, 0.25) is 0 Å². The van der Waals surface area contributed by atoms with Gasteiger partial charge in [0, 0.05) is 19.1 Å². The Morgan fingerprint density at radius 3 is 2.53 bits per heavy atom. The number of ether oxygens (including phenoxy) is 1. The topological polar surface area (TPSA) is 41.6 Å². The predicted molar refractivity (Wildman–Crippen MR) is 79.6 cm³/mol. The normalized spacial score (nSPS) is 22.2. The van der Waals surface area contributed by atoms with E-state index in [1.165, 1.54) is 24.3 Å². The molecule has 0 aromatic heterocycles. The van der Waals surface area contributed by atoms with Crippen LogP contribution in [0.25, 0.3) is 0 Å². The second-order valence-corrected chi connectivity index (χ2v) is 7.77. The molecule has 2 aliphatic rings. The van der Waals surface area contributed by atoms with Gasteiger partial charge >= 0.3 is 6.09 Å². The lowest BCUT2D eigenvalue weighted by Gasteiger charge is -2.40. The van der Waals surface area contributed by atoms with Gasteiger partial charge in [-0.15, -0.1) is 0 Å². The zero-order valence-corrected chi connectivity index (χ0v) is 13.1. The maximum Gasteiger partial charge on any atom is 0.410 e. The molecule has 0 spiro atoms. The molecule has 2 saturated heterocycles. The molecule has 0 saturated carbocycles. The van der Waals surface area contributed by atoms with Gasteiger partial charge in [-0.3, -0.25) is 0 Å². The average Bonchev–Trinajstić information content (AvgIpc) is 2.25. The van der Waals surface area contributed by atoms with E-state index in [-0.39, 0.29) is 6.09 Å². The zero-order chi connectivity index (χ0) is 13.9. The van der Waals surface area contributed by atoms with Crippen LogP contribution in [0.2, 0.25) is 0 Å².